The summed E-state index contributed by atoms with van der Waals surface area (Å²) in [6.45, 7) is 1.86. The van der Waals surface area contributed by atoms with Gasteiger partial charge in [0.15, 0.2) is 5.75 Å². The molecule has 2 N–H and O–H groups in total. The summed E-state index contributed by atoms with van der Waals surface area (Å²) in [6, 6.07) is 6.91. The zero-order chi connectivity index (χ0) is 10.7. The van der Waals surface area contributed by atoms with Crippen LogP contribution in [0, 0.1) is 6.92 Å². The van der Waals surface area contributed by atoms with Crippen molar-refractivity contribution < 1.29 is 4.74 Å². The maximum Gasteiger partial charge on any atom is 0.239 e. The second kappa shape index (κ2) is 3.91. The standard InChI is InChI=1S/C10H10N4O/c1-7-8(3-2-6-12-7)15-10-5-4-9(11)13-14-10/h2-6H,1H3,(H2,11,13). The quantitative estimate of drug-likeness (QED) is 0.799. The number of hydrogen-bond acceptors (Lipinski definition) is 5. The van der Waals surface area contributed by atoms with Crippen LogP contribution in [0.3, 0.4) is 0 Å². The molecule has 0 radical (unpaired) electrons. The minimum atomic E-state index is 0.366. The Bertz CT molecular complexity index is 455. The third-order valence-corrected chi connectivity index (χ3v) is 1.83. The van der Waals surface area contributed by atoms with Crippen LogP contribution in [0.1, 0.15) is 5.69 Å². The lowest BCUT2D eigenvalue weighted by atomic mass is 10.3. The molecule has 0 aliphatic rings. The van der Waals surface area contributed by atoms with Gasteiger partial charge in [-0.15, -0.1) is 10.2 Å². The van der Waals surface area contributed by atoms with Crippen LogP contribution in [0.2, 0.25) is 0 Å². The highest BCUT2D eigenvalue weighted by Gasteiger charge is 2.02. The van der Waals surface area contributed by atoms with Gasteiger partial charge in [-0.2, -0.15) is 0 Å². The van der Waals surface area contributed by atoms with Crippen LogP contribution in [0.4, 0.5) is 5.82 Å². The monoisotopic (exact) mass is 202 g/mol. The molecule has 0 fully saturated rings. The van der Waals surface area contributed by atoms with E-state index in [0.29, 0.717) is 17.4 Å². The van der Waals surface area contributed by atoms with Gasteiger partial charge >= 0.3 is 0 Å². The van der Waals surface area contributed by atoms with Crippen LogP contribution < -0.4 is 10.5 Å². The summed E-state index contributed by atoms with van der Waals surface area (Å²) >= 11 is 0. The first-order valence-corrected chi connectivity index (χ1v) is 4.44. The molecule has 0 bridgehead atoms. The molecule has 76 valence electrons. The molecule has 2 rings (SSSR count). The number of aromatic nitrogens is 3. The Morgan fingerprint density at radius 2 is 2.07 bits per heavy atom. The summed E-state index contributed by atoms with van der Waals surface area (Å²) in [5.41, 5.74) is 6.21. The summed E-state index contributed by atoms with van der Waals surface area (Å²) < 4.78 is 5.47. The zero-order valence-corrected chi connectivity index (χ0v) is 8.21. The first kappa shape index (κ1) is 9.39. The molecule has 0 spiro atoms. The topological polar surface area (TPSA) is 73.9 Å². The van der Waals surface area contributed by atoms with E-state index in [4.69, 9.17) is 10.5 Å². The van der Waals surface area contributed by atoms with E-state index in [-0.39, 0.29) is 0 Å². The van der Waals surface area contributed by atoms with E-state index >= 15 is 0 Å². The molecule has 0 aliphatic carbocycles. The van der Waals surface area contributed by atoms with Crippen molar-refractivity contribution in [1.29, 1.82) is 0 Å². The van der Waals surface area contributed by atoms with Gasteiger partial charge < -0.3 is 10.5 Å². The van der Waals surface area contributed by atoms with Gasteiger partial charge in [0, 0.05) is 12.3 Å². The normalized spacial score (nSPS) is 9.93. The number of anilines is 1. The van der Waals surface area contributed by atoms with Crippen LogP contribution in [-0.2, 0) is 0 Å². The van der Waals surface area contributed by atoms with Crippen molar-refractivity contribution in [1.82, 2.24) is 15.2 Å². The molecule has 0 saturated heterocycles. The SMILES string of the molecule is Cc1ncccc1Oc1ccc(N)nn1. The number of ether oxygens (including phenoxy) is 1. The average Bonchev–Trinajstić information content (AvgIpc) is 2.25. The molecule has 5 nitrogen and oxygen atoms in total. The second-order valence-corrected chi connectivity index (χ2v) is 2.99. The van der Waals surface area contributed by atoms with Crippen molar-refractivity contribution in [2.75, 3.05) is 5.73 Å². The minimum Gasteiger partial charge on any atom is -0.436 e. The first-order valence-electron chi connectivity index (χ1n) is 4.44. The summed E-state index contributed by atoms with van der Waals surface area (Å²) in [6.07, 6.45) is 1.71. The van der Waals surface area contributed by atoms with Crippen molar-refractivity contribution in [3.05, 3.63) is 36.2 Å². The van der Waals surface area contributed by atoms with Crippen LogP contribution in [0.25, 0.3) is 0 Å². The Balaban J connectivity index is 2.22. The fourth-order valence-electron chi connectivity index (χ4n) is 1.07. The molecule has 15 heavy (non-hydrogen) atoms. The van der Waals surface area contributed by atoms with Crippen LogP contribution in [-0.4, -0.2) is 15.2 Å². The number of pyridine rings is 1. The summed E-state index contributed by atoms with van der Waals surface area (Å²) in [5.74, 6) is 1.43. The Morgan fingerprint density at radius 3 is 2.73 bits per heavy atom. The Labute approximate surface area is 86.9 Å². The van der Waals surface area contributed by atoms with E-state index in [9.17, 15) is 0 Å². The van der Waals surface area contributed by atoms with Gasteiger partial charge in [0.1, 0.15) is 5.82 Å². The lowest BCUT2D eigenvalue weighted by Gasteiger charge is -2.05. The fraction of sp³-hybridized carbons (Fsp3) is 0.100. The number of nitrogen functional groups attached to an aromatic ring is 1. The molecule has 0 aromatic carbocycles. The number of aryl methyl sites for hydroxylation is 1. The molecule has 2 aromatic rings. The Morgan fingerprint density at radius 1 is 1.20 bits per heavy atom. The molecule has 0 unspecified atom stereocenters. The summed E-state index contributed by atoms with van der Waals surface area (Å²) in [4.78, 5) is 4.09. The van der Waals surface area contributed by atoms with Gasteiger partial charge in [-0.1, -0.05) is 0 Å². The highest BCUT2D eigenvalue weighted by molar-refractivity contribution is 5.32. The van der Waals surface area contributed by atoms with E-state index < -0.39 is 0 Å². The van der Waals surface area contributed by atoms with E-state index in [1.807, 2.05) is 13.0 Å². The average molecular weight is 202 g/mol. The van der Waals surface area contributed by atoms with Crippen LogP contribution in [0.5, 0.6) is 11.6 Å². The van der Waals surface area contributed by atoms with Gasteiger partial charge in [0.05, 0.1) is 5.69 Å². The van der Waals surface area contributed by atoms with Gasteiger partial charge in [0.25, 0.3) is 0 Å². The second-order valence-electron chi connectivity index (χ2n) is 2.99. The first-order chi connectivity index (χ1) is 7.25. The van der Waals surface area contributed by atoms with E-state index in [0.717, 1.165) is 5.69 Å². The lowest BCUT2D eigenvalue weighted by Crippen LogP contribution is -1.96. The van der Waals surface area contributed by atoms with Gasteiger partial charge in [-0.3, -0.25) is 4.98 Å². The Hall–Kier alpha value is -2.17. The maximum atomic E-state index is 5.47. The minimum absolute atomic E-state index is 0.366. The van der Waals surface area contributed by atoms with E-state index in [2.05, 4.69) is 15.2 Å². The van der Waals surface area contributed by atoms with Crippen molar-refractivity contribution in [2.45, 2.75) is 6.92 Å². The number of hydrogen-bond donors (Lipinski definition) is 1. The summed E-state index contributed by atoms with van der Waals surface area (Å²) in [7, 11) is 0. The van der Waals surface area contributed by atoms with Gasteiger partial charge in [-0.05, 0) is 25.1 Å². The molecule has 0 atom stereocenters. The molecular weight excluding hydrogens is 192 g/mol. The van der Waals surface area contributed by atoms with Crippen LogP contribution >= 0.6 is 0 Å². The molecule has 0 amide bonds. The predicted octanol–water partition coefficient (Wildman–Crippen LogP) is 1.55. The molecule has 2 heterocycles. The highest BCUT2D eigenvalue weighted by Crippen LogP contribution is 2.20. The highest BCUT2D eigenvalue weighted by atomic mass is 16.5. The fourth-order valence-corrected chi connectivity index (χ4v) is 1.07. The van der Waals surface area contributed by atoms with Gasteiger partial charge in [0.2, 0.25) is 5.88 Å². The van der Waals surface area contributed by atoms with Crippen molar-refractivity contribution in [3.63, 3.8) is 0 Å². The largest absolute Gasteiger partial charge is 0.436 e. The summed E-state index contributed by atoms with van der Waals surface area (Å²) in [5, 5.41) is 7.48. The van der Waals surface area contributed by atoms with E-state index in [1.54, 1.807) is 24.4 Å². The van der Waals surface area contributed by atoms with Crippen molar-refractivity contribution in [3.8, 4) is 11.6 Å². The smallest absolute Gasteiger partial charge is 0.239 e. The Kier molecular flexibility index (Phi) is 2.45. The van der Waals surface area contributed by atoms with Gasteiger partial charge in [-0.25, -0.2) is 0 Å². The molecule has 0 saturated carbocycles. The lowest BCUT2D eigenvalue weighted by molar-refractivity contribution is 0.449. The molecule has 5 heteroatoms. The maximum absolute atomic E-state index is 5.47. The van der Waals surface area contributed by atoms with Crippen molar-refractivity contribution >= 4 is 5.82 Å². The zero-order valence-electron chi connectivity index (χ0n) is 8.21. The third-order valence-electron chi connectivity index (χ3n) is 1.83. The third kappa shape index (κ3) is 2.19. The molecular formula is C10H10N4O. The molecule has 2 aromatic heterocycles. The predicted molar refractivity (Wildman–Crippen MR) is 55.5 cm³/mol. The number of nitrogens with zero attached hydrogens (tertiary/aromatic N) is 3. The van der Waals surface area contributed by atoms with E-state index in [1.165, 1.54) is 0 Å². The number of nitrogens with two attached hydrogens (primary N) is 1. The number of rotatable bonds is 2. The van der Waals surface area contributed by atoms with Crippen molar-refractivity contribution in [2.24, 2.45) is 0 Å². The van der Waals surface area contributed by atoms with Crippen LogP contribution in [0.15, 0.2) is 30.5 Å². The molecule has 0 aliphatic heterocycles.